The molecular formula is C20H28N4O2. The monoisotopic (exact) mass is 356 g/mol. The van der Waals surface area contributed by atoms with Gasteiger partial charge in [0.1, 0.15) is 12.4 Å². The molecule has 6 nitrogen and oxygen atoms in total. The van der Waals surface area contributed by atoms with Gasteiger partial charge in [-0.2, -0.15) is 0 Å². The lowest BCUT2D eigenvalue weighted by atomic mass is 10.3. The molecule has 0 fully saturated rings. The molecule has 6 heteroatoms. The third-order valence-electron chi connectivity index (χ3n) is 4.32. The standard InChI is InChI=1S/C20H28N4O2/c1-5-6-13-23(4)19(25)14-24-17-10-8-7-9-16(17)22-18(24)11-12-21-20(26)15(2)3/h7-10H,2,5-6,11-14H2,1,3-4H3,(H,21,26). The predicted octanol–water partition coefficient (Wildman–Crippen LogP) is 2.53. The molecule has 0 spiro atoms. The van der Waals surface area contributed by atoms with E-state index in [4.69, 9.17) is 0 Å². The lowest BCUT2D eigenvalue weighted by molar-refractivity contribution is -0.130. The minimum absolute atomic E-state index is 0.0637. The highest BCUT2D eigenvalue weighted by Gasteiger charge is 2.16. The van der Waals surface area contributed by atoms with E-state index >= 15 is 0 Å². The van der Waals surface area contributed by atoms with Crippen LogP contribution in [-0.2, 0) is 22.6 Å². The second-order valence-corrected chi connectivity index (χ2v) is 6.56. The minimum atomic E-state index is -0.164. The van der Waals surface area contributed by atoms with E-state index in [1.807, 2.05) is 35.9 Å². The number of benzene rings is 1. The maximum atomic E-state index is 12.6. The van der Waals surface area contributed by atoms with Crippen LogP contribution in [0.15, 0.2) is 36.4 Å². The molecule has 2 rings (SSSR count). The zero-order valence-electron chi connectivity index (χ0n) is 15.9. The van der Waals surface area contributed by atoms with Crippen molar-refractivity contribution in [2.45, 2.75) is 39.7 Å². The van der Waals surface area contributed by atoms with E-state index in [9.17, 15) is 9.59 Å². The van der Waals surface area contributed by atoms with Gasteiger partial charge in [0.25, 0.3) is 0 Å². The molecule has 0 saturated heterocycles. The number of hydrogen-bond donors (Lipinski definition) is 1. The summed E-state index contributed by atoms with van der Waals surface area (Å²) >= 11 is 0. The fourth-order valence-electron chi connectivity index (χ4n) is 2.71. The van der Waals surface area contributed by atoms with E-state index in [-0.39, 0.29) is 18.4 Å². The quantitative estimate of drug-likeness (QED) is 0.702. The SMILES string of the molecule is C=C(C)C(=O)NCCc1nc2ccccc2n1CC(=O)N(C)CCCC. The Morgan fingerprint density at radius 1 is 1.31 bits per heavy atom. The molecule has 1 N–H and O–H groups in total. The molecular weight excluding hydrogens is 328 g/mol. The number of fused-ring (bicyclic) bond motifs is 1. The smallest absolute Gasteiger partial charge is 0.246 e. The molecule has 26 heavy (non-hydrogen) atoms. The fraction of sp³-hybridized carbons (Fsp3) is 0.450. The summed E-state index contributed by atoms with van der Waals surface area (Å²) in [5.41, 5.74) is 2.27. The molecule has 0 aliphatic rings. The first-order chi connectivity index (χ1) is 12.4. The molecule has 140 valence electrons. The van der Waals surface area contributed by atoms with Crippen LogP contribution in [0.4, 0.5) is 0 Å². The first-order valence-corrected chi connectivity index (χ1v) is 9.05. The van der Waals surface area contributed by atoms with E-state index in [1.165, 1.54) is 0 Å². The Hall–Kier alpha value is -2.63. The molecule has 2 aromatic rings. The van der Waals surface area contributed by atoms with Gasteiger partial charge in [0.2, 0.25) is 11.8 Å². The van der Waals surface area contributed by atoms with E-state index in [0.29, 0.717) is 18.5 Å². The number of hydrogen-bond acceptors (Lipinski definition) is 3. The van der Waals surface area contributed by atoms with Gasteiger partial charge in [-0.3, -0.25) is 9.59 Å². The average Bonchev–Trinajstić information content (AvgIpc) is 2.97. The lowest BCUT2D eigenvalue weighted by Gasteiger charge is -2.18. The highest BCUT2D eigenvalue weighted by molar-refractivity contribution is 5.92. The Morgan fingerprint density at radius 2 is 2.04 bits per heavy atom. The number of amides is 2. The number of nitrogens with one attached hydrogen (secondary N) is 1. The largest absolute Gasteiger partial charge is 0.352 e. The van der Waals surface area contributed by atoms with Gasteiger partial charge < -0.3 is 14.8 Å². The van der Waals surface area contributed by atoms with Crippen LogP contribution in [0.3, 0.4) is 0 Å². The average molecular weight is 356 g/mol. The van der Waals surface area contributed by atoms with Gasteiger partial charge in [0, 0.05) is 32.1 Å². The number of imidazole rings is 1. The van der Waals surface area contributed by atoms with Crippen LogP contribution in [0.25, 0.3) is 11.0 Å². The topological polar surface area (TPSA) is 67.2 Å². The third-order valence-corrected chi connectivity index (χ3v) is 4.32. The number of carbonyl (C=O) groups excluding carboxylic acids is 2. The van der Waals surface area contributed by atoms with Gasteiger partial charge in [-0.1, -0.05) is 32.1 Å². The van der Waals surface area contributed by atoms with Crippen LogP contribution in [0.2, 0.25) is 0 Å². The maximum Gasteiger partial charge on any atom is 0.246 e. The van der Waals surface area contributed by atoms with Crippen molar-refractivity contribution in [1.82, 2.24) is 19.8 Å². The molecule has 0 radical (unpaired) electrons. The number of unbranched alkanes of at least 4 members (excludes halogenated alkanes) is 1. The second kappa shape index (κ2) is 9.17. The zero-order chi connectivity index (χ0) is 19.1. The van der Waals surface area contributed by atoms with Gasteiger partial charge in [0.05, 0.1) is 11.0 Å². The van der Waals surface area contributed by atoms with Crippen molar-refractivity contribution in [1.29, 1.82) is 0 Å². The highest BCUT2D eigenvalue weighted by atomic mass is 16.2. The Balaban J connectivity index is 2.16. The van der Waals surface area contributed by atoms with Crippen LogP contribution >= 0.6 is 0 Å². The summed E-state index contributed by atoms with van der Waals surface area (Å²) in [5.74, 6) is 0.697. The number of carbonyl (C=O) groups is 2. The van der Waals surface area contributed by atoms with Gasteiger partial charge in [-0.15, -0.1) is 0 Å². The lowest BCUT2D eigenvalue weighted by Crippen LogP contribution is -2.32. The van der Waals surface area contributed by atoms with Crippen LogP contribution in [0.5, 0.6) is 0 Å². The molecule has 0 aliphatic heterocycles. The van der Waals surface area contributed by atoms with Crippen molar-refractivity contribution in [3.8, 4) is 0 Å². The Kier molecular flexibility index (Phi) is 6.95. The van der Waals surface area contributed by atoms with E-state index in [0.717, 1.165) is 36.2 Å². The molecule has 0 bridgehead atoms. The maximum absolute atomic E-state index is 12.6. The first-order valence-electron chi connectivity index (χ1n) is 9.05. The molecule has 1 heterocycles. The van der Waals surface area contributed by atoms with Gasteiger partial charge in [-0.05, 0) is 25.5 Å². The van der Waals surface area contributed by atoms with E-state index in [2.05, 4.69) is 23.8 Å². The Labute approximate surface area is 154 Å². The number of aromatic nitrogens is 2. The van der Waals surface area contributed by atoms with Crippen molar-refractivity contribution in [3.63, 3.8) is 0 Å². The minimum Gasteiger partial charge on any atom is -0.352 e. The van der Waals surface area contributed by atoms with E-state index in [1.54, 1.807) is 11.8 Å². The summed E-state index contributed by atoms with van der Waals surface area (Å²) in [4.78, 5) is 30.7. The summed E-state index contributed by atoms with van der Waals surface area (Å²) in [5, 5.41) is 2.82. The fourth-order valence-corrected chi connectivity index (χ4v) is 2.71. The van der Waals surface area contributed by atoms with Gasteiger partial charge >= 0.3 is 0 Å². The van der Waals surface area contributed by atoms with Crippen LogP contribution in [-0.4, -0.2) is 46.4 Å². The van der Waals surface area contributed by atoms with Gasteiger partial charge in [-0.25, -0.2) is 4.98 Å². The number of nitrogens with zero attached hydrogens (tertiary/aromatic N) is 3. The predicted molar refractivity (Wildman–Crippen MR) is 104 cm³/mol. The zero-order valence-corrected chi connectivity index (χ0v) is 15.9. The van der Waals surface area contributed by atoms with Crippen molar-refractivity contribution in [2.24, 2.45) is 0 Å². The van der Waals surface area contributed by atoms with Crippen molar-refractivity contribution < 1.29 is 9.59 Å². The number of rotatable bonds is 9. The summed E-state index contributed by atoms with van der Waals surface area (Å²) < 4.78 is 1.95. The summed E-state index contributed by atoms with van der Waals surface area (Å²) in [6.07, 6.45) is 2.60. The molecule has 0 unspecified atom stereocenters. The highest BCUT2D eigenvalue weighted by Crippen LogP contribution is 2.16. The molecule has 1 aromatic carbocycles. The summed E-state index contributed by atoms with van der Waals surface area (Å²) in [6, 6.07) is 7.78. The summed E-state index contributed by atoms with van der Waals surface area (Å²) in [7, 11) is 1.84. The van der Waals surface area contributed by atoms with Crippen LogP contribution in [0, 0.1) is 0 Å². The first kappa shape index (κ1) is 19.7. The van der Waals surface area contributed by atoms with Crippen LogP contribution < -0.4 is 5.32 Å². The normalized spacial score (nSPS) is 10.7. The van der Waals surface area contributed by atoms with Crippen molar-refractivity contribution in [3.05, 3.63) is 42.2 Å². The molecule has 0 saturated carbocycles. The third kappa shape index (κ3) is 4.94. The molecule has 1 aromatic heterocycles. The number of likely N-dealkylation sites (N-methyl/N-ethyl adjacent to an activating group) is 1. The Morgan fingerprint density at radius 3 is 2.73 bits per heavy atom. The van der Waals surface area contributed by atoms with Gasteiger partial charge in [0.15, 0.2) is 0 Å². The second-order valence-electron chi connectivity index (χ2n) is 6.56. The summed E-state index contributed by atoms with van der Waals surface area (Å²) in [6.45, 7) is 8.88. The van der Waals surface area contributed by atoms with Crippen LogP contribution in [0.1, 0.15) is 32.5 Å². The van der Waals surface area contributed by atoms with Crippen molar-refractivity contribution >= 4 is 22.8 Å². The Bertz CT molecular complexity index is 794. The number of para-hydroxylation sites is 2. The van der Waals surface area contributed by atoms with E-state index < -0.39 is 0 Å². The molecule has 2 amide bonds. The van der Waals surface area contributed by atoms with Crippen molar-refractivity contribution in [2.75, 3.05) is 20.1 Å². The molecule has 0 atom stereocenters. The molecule has 0 aliphatic carbocycles.